The van der Waals surface area contributed by atoms with E-state index in [2.05, 4.69) is 0 Å². The van der Waals surface area contributed by atoms with Crippen molar-refractivity contribution in [1.29, 1.82) is 0 Å². The number of phenolic OH excluding ortho intramolecular Hbond substituents is 1. The molecule has 2 rings (SSSR count). The Morgan fingerprint density at radius 3 is 2.47 bits per heavy atom. The number of aromatic hydroxyl groups is 1. The van der Waals surface area contributed by atoms with E-state index in [1.165, 1.54) is 12.1 Å². The predicted molar refractivity (Wildman–Crippen MR) is 63.3 cm³/mol. The summed E-state index contributed by atoms with van der Waals surface area (Å²) in [6.45, 7) is 0.237. The van der Waals surface area contributed by atoms with Crippen LogP contribution in [0.3, 0.4) is 0 Å². The van der Waals surface area contributed by atoms with E-state index in [1.807, 2.05) is 0 Å². The fourth-order valence-corrected chi connectivity index (χ4v) is 1.39. The first-order valence-electron chi connectivity index (χ1n) is 5.11. The van der Waals surface area contributed by atoms with Crippen molar-refractivity contribution >= 4 is 5.69 Å². The number of nitrogens with two attached hydrogens (primary N) is 1. The van der Waals surface area contributed by atoms with Gasteiger partial charge in [0.15, 0.2) is 11.6 Å². The highest BCUT2D eigenvalue weighted by Gasteiger charge is 2.03. The van der Waals surface area contributed by atoms with Gasteiger partial charge < -0.3 is 15.6 Å². The number of anilines is 1. The lowest BCUT2D eigenvalue weighted by atomic mass is 10.2. The minimum absolute atomic E-state index is 0.160. The van der Waals surface area contributed by atoms with Gasteiger partial charge in [-0.15, -0.1) is 0 Å². The molecule has 0 spiro atoms. The molecular formula is C13H12FNO2. The van der Waals surface area contributed by atoms with Crippen molar-refractivity contribution in [2.45, 2.75) is 6.61 Å². The Labute approximate surface area is 98.3 Å². The van der Waals surface area contributed by atoms with Crippen molar-refractivity contribution in [3.05, 3.63) is 53.8 Å². The van der Waals surface area contributed by atoms with E-state index in [0.29, 0.717) is 5.69 Å². The zero-order valence-corrected chi connectivity index (χ0v) is 9.06. The molecule has 3 N–H and O–H groups in total. The van der Waals surface area contributed by atoms with Crippen LogP contribution in [0.15, 0.2) is 42.5 Å². The molecular weight excluding hydrogens is 221 g/mol. The fourth-order valence-electron chi connectivity index (χ4n) is 1.39. The first kappa shape index (κ1) is 11.3. The molecule has 0 atom stereocenters. The Morgan fingerprint density at radius 2 is 1.82 bits per heavy atom. The fraction of sp³-hybridized carbons (Fsp3) is 0.0769. The molecule has 0 aliphatic carbocycles. The van der Waals surface area contributed by atoms with Crippen LogP contribution in [-0.2, 0) is 6.61 Å². The Bertz CT molecular complexity index is 511. The molecule has 0 radical (unpaired) electrons. The van der Waals surface area contributed by atoms with E-state index in [9.17, 15) is 4.39 Å². The normalized spacial score (nSPS) is 10.2. The molecule has 2 aromatic rings. The highest BCUT2D eigenvalue weighted by atomic mass is 19.1. The third-order valence-electron chi connectivity index (χ3n) is 2.29. The largest absolute Gasteiger partial charge is 0.508 e. The van der Waals surface area contributed by atoms with Gasteiger partial charge >= 0.3 is 0 Å². The molecule has 0 saturated heterocycles. The maximum absolute atomic E-state index is 13.4. The number of nitrogen functional groups attached to an aromatic ring is 1. The number of halogens is 1. The molecule has 4 heteroatoms. The summed E-state index contributed by atoms with van der Waals surface area (Å²) in [5.41, 5.74) is 6.64. The van der Waals surface area contributed by atoms with Gasteiger partial charge in [0.25, 0.3) is 0 Å². The molecule has 0 aromatic heterocycles. The van der Waals surface area contributed by atoms with Crippen molar-refractivity contribution in [3.63, 3.8) is 0 Å². The minimum Gasteiger partial charge on any atom is -0.508 e. The highest BCUT2D eigenvalue weighted by Crippen LogP contribution is 2.20. The van der Waals surface area contributed by atoms with Crippen molar-refractivity contribution in [2.75, 3.05) is 5.73 Å². The SMILES string of the molecule is Nc1ccc(OCc2ccc(O)cc2)c(F)c1. The first-order valence-corrected chi connectivity index (χ1v) is 5.11. The van der Waals surface area contributed by atoms with Gasteiger partial charge in [0.05, 0.1) is 0 Å². The number of hydrogen-bond donors (Lipinski definition) is 2. The average molecular weight is 233 g/mol. The molecule has 0 aliphatic heterocycles. The second kappa shape index (κ2) is 4.74. The van der Waals surface area contributed by atoms with E-state index >= 15 is 0 Å². The van der Waals surface area contributed by atoms with Gasteiger partial charge in [-0.2, -0.15) is 0 Å². The van der Waals surface area contributed by atoms with Gasteiger partial charge in [-0.1, -0.05) is 12.1 Å². The van der Waals surface area contributed by atoms with E-state index < -0.39 is 5.82 Å². The quantitative estimate of drug-likeness (QED) is 0.801. The standard InChI is InChI=1S/C13H12FNO2/c14-12-7-10(15)3-6-13(12)17-8-9-1-4-11(16)5-2-9/h1-7,16H,8,15H2. The molecule has 0 aliphatic rings. The Kier molecular flexibility index (Phi) is 3.14. The van der Waals surface area contributed by atoms with Crippen LogP contribution >= 0.6 is 0 Å². The minimum atomic E-state index is -0.483. The molecule has 2 aromatic carbocycles. The summed E-state index contributed by atoms with van der Waals surface area (Å²) in [6, 6.07) is 10.8. The van der Waals surface area contributed by atoms with Crippen LogP contribution in [-0.4, -0.2) is 5.11 Å². The summed E-state index contributed by atoms with van der Waals surface area (Å²) >= 11 is 0. The lowest BCUT2D eigenvalue weighted by Gasteiger charge is -2.07. The lowest BCUT2D eigenvalue weighted by molar-refractivity contribution is 0.290. The third kappa shape index (κ3) is 2.87. The maximum Gasteiger partial charge on any atom is 0.167 e. The molecule has 88 valence electrons. The smallest absolute Gasteiger partial charge is 0.167 e. The van der Waals surface area contributed by atoms with Crippen LogP contribution in [0.2, 0.25) is 0 Å². The van der Waals surface area contributed by atoms with Gasteiger partial charge in [0.1, 0.15) is 12.4 Å². The molecule has 0 heterocycles. The maximum atomic E-state index is 13.4. The molecule has 0 fully saturated rings. The van der Waals surface area contributed by atoms with Crippen molar-refractivity contribution in [1.82, 2.24) is 0 Å². The predicted octanol–water partition coefficient (Wildman–Crippen LogP) is 2.69. The summed E-state index contributed by atoms with van der Waals surface area (Å²) < 4.78 is 18.7. The van der Waals surface area contributed by atoms with Crippen LogP contribution in [0.1, 0.15) is 5.56 Å². The van der Waals surface area contributed by atoms with Crippen molar-refractivity contribution < 1.29 is 14.2 Å². The molecule has 0 unspecified atom stereocenters. The van der Waals surface area contributed by atoms with Gasteiger partial charge in [0, 0.05) is 11.8 Å². The van der Waals surface area contributed by atoms with Crippen LogP contribution < -0.4 is 10.5 Å². The first-order chi connectivity index (χ1) is 8.15. The van der Waals surface area contributed by atoms with E-state index in [0.717, 1.165) is 5.56 Å². The summed E-state index contributed by atoms with van der Waals surface area (Å²) in [4.78, 5) is 0. The van der Waals surface area contributed by atoms with Crippen LogP contribution in [0.25, 0.3) is 0 Å². The Balaban J connectivity index is 2.04. The van der Waals surface area contributed by atoms with Gasteiger partial charge in [-0.3, -0.25) is 0 Å². The second-order valence-electron chi connectivity index (χ2n) is 3.64. The molecule has 17 heavy (non-hydrogen) atoms. The van der Waals surface area contributed by atoms with Gasteiger partial charge in [-0.25, -0.2) is 4.39 Å². The summed E-state index contributed by atoms with van der Waals surface area (Å²) in [5, 5.41) is 9.10. The molecule has 0 amide bonds. The van der Waals surface area contributed by atoms with Gasteiger partial charge in [0.2, 0.25) is 0 Å². The number of hydrogen-bond acceptors (Lipinski definition) is 3. The van der Waals surface area contributed by atoms with Crippen molar-refractivity contribution in [2.24, 2.45) is 0 Å². The molecule has 0 bridgehead atoms. The second-order valence-corrected chi connectivity index (χ2v) is 3.64. The van der Waals surface area contributed by atoms with Gasteiger partial charge in [-0.05, 0) is 29.8 Å². The zero-order valence-electron chi connectivity index (χ0n) is 9.06. The number of rotatable bonds is 3. The number of phenols is 1. The summed E-state index contributed by atoms with van der Waals surface area (Å²) in [6.07, 6.45) is 0. The summed E-state index contributed by atoms with van der Waals surface area (Å²) in [5.74, 6) is -0.136. The lowest BCUT2D eigenvalue weighted by Crippen LogP contribution is -1.98. The third-order valence-corrected chi connectivity index (χ3v) is 2.29. The van der Waals surface area contributed by atoms with E-state index in [-0.39, 0.29) is 18.1 Å². The highest BCUT2D eigenvalue weighted by molar-refractivity contribution is 5.42. The Hall–Kier alpha value is -2.23. The van der Waals surface area contributed by atoms with E-state index in [4.69, 9.17) is 15.6 Å². The Morgan fingerprint density at radius 1 is 1.12 bits per heavy atom. The zero-order chi connectivity index (χ0) is 12.3. The van der Waals surface area contributed by atoms with E-state index in [1.54, 1.807) is 30.3 Å². The van der Waals surface area contributed by atoms with Crippen LogP contribution in [0.5, 0.6) is 11.5 Å². The summed E-state index contributed by atoms with van der Waals surface area (Å²) in [7, 11) is 0. The number of ether oxygens (including phenoxy) is 1. The number of benzene rings is 2. The van der Waals surface area contributed by atoms with Crippen LogP contribution in [0, 0.1) is 5.82 Å². The topological polar surface area (TPSA) is 55.5 Å². The molecule has 0 saturated carbocycles. The monoisotopic (exact) mass is 233 g/mol. The molecule has 3 nitrogen and oxygen atoms in total. The van der Waals surface area contributed by atoms with Crippen LogP contribution in [0.4, 0.5) is 10.1 Å². The average Bonchev–Trinajstić information content (AvgIpc) is 2.30. The van der Waals surface area contributed by atoms with Crippen molar-refractivity contribution in [3.8, 4) is 11.5 Å².